The maximum Gasteiger partial charge on any atom is 0.253 e. The molecule has 9 heteroatoms. The summed E-state index contributed by atoms with van der Waals surface area (Å²) in [6.07, 6.45) is 0. The summed E-state index contributed by atoms with van der Waals surface area (Å²) in [6, 6.07) is 13.4. The number of para-hydroxylation sites is 1. The molecule has 0 saturated carbocycles. The number of furan rings is 1. The standard InChI is InChI=1S/C23H21N5O3S/c1-12-9-13(2)28-22(24-12)26-23(27-28)32-14(3)21(29)25-17-11-19-16(10-20(17)30-4)15-7-5-6-8-18(15)31-19/h5-11,14H,1-4H3,(H,25,29). The monoisotopic (exact) mass is 447 g/mol. The molecule has 0 saturated heterocycles. The van der Waals surface area contributed by atoms with Gasteiger partial charge < -0.3 is 14.5 Å². The van der Waals surface area contributed by atoms with Crippen molar-refractivity contribution in [3.05, 3.63) is 53.9 Å². The van der Waals surface area contributed by atoms with Crippen molar-refractivity contribution in [1.82, 2.24) is 19.6 Å². The first-order valence-electron chi connectivity index (χ1n) is 10.1. The number of carbonyl (C=O) groups excluding carboxylic acids is 1. The molecule has 1 N–H and O–H groups in total. The van der Waals surface area contributed by atoms with Crippen LogP contribution in [0.1, 0.15) is 18.3 Å². The van der Waals surface area contributed by atoms with E-state index in [9.17, 15) is 4.79 Å². The van der Waals surface area contributed by atoms with Crippen LogP contribution in [0, 0.1) is 13.8 Å². The van der Waals surface area contributed by atoms with Crippen molar-refractivity contribution in [3.8, 4) is 5.75 Å². The lowest BCUT2D eigenvalue weighted by atomic mass is 10.1. The number of methoxy groups -OCH3 is 1. The van der Waals surface area contributed by atoms with E-state index in [1.54, 1.807) is 17.7 Å². The van der Waals surface area contributed by atoms with Crippen LogP contribution in [0.5, 0.6) is 5.75 Å². The summed E-state index contributed by atoms with van der Waals surface area (Å²) in [5.41, 5.74) is 3.83. The van der Waals surface area contributed by atoms with Crippen LogP contribution in [0.15, 0.2) is 52.0 Å². The lowest BCUT2D eigenvalue weighted by Crippen LogP contribution is -2.22. The molecule has 0 aliphatic rings. The fraction of sp³-hybridized carbons (Fsp3) is 0.217. The molecule has 0 radical (unpaired) electrons. The highest BCUT2D eigenvalue weighted by molar-refractivity contribution is 8.00. The molecule has 32 heavy (non-hydrogen) atoms. The molecule has 0 aliphatic heterocycles. The third-order valence-electron chi connectivity index (χ3n) is 5.21. The maximum absolute atomic E-state index is 12.9. The van der Waals surface area contributed by atoms with Crippen molar-refractivity contribution < 1.29 is 13.9 Å². The number of fused-ring (bicyclic) bond motifs is 4. The third kappa shape index (κ3) is 3.54. The van der Waals surface area contributed by atoms with E-state index in [2.05, 4.69) is 20.4 Å². The first-order valence-corrected chi connectivity index (χ1v) is 11.0. The summed E-state index contributed by atoms with van der Waals surface area (Å²) < 4.78 is 13.2. The fourth-order valence-electron chi connectivity index (χ4n) is 3.66. The number of benzene rings is 2. The second kappa shape index (κ2) is 7.83. The summed E-state index contributed by atoms with van der Waals surface area (Å²) in [5.74, 6) is 0.897. The molecule has 2 aromatic carbocycles. The Balaban J connectivity index is 1.40. The molecule has 162 valence electrons. The van der Waals surface area contributed by atoms with Crippen molar-refractivity contribution >= 4 is 51.1 Å². The largest absolute Gasteiger partial charge is 0.495 e. The van der Waals surface area contributed by atoms with E-state index >= 15 is 0 Å². The lowest BCUT2D eigenvalue weighted by Gasteiger charge is -2.13. The van der Waals surface area contributed by atoms with E-state index in [-0.39, 0.29) is 5.91 Å². The van der Waals surface area contributed by atoms with Gasteiger partial charge in [0.15, 0.2) is 0 Å². The number of rotatable bonds is 5. The summed E-state index contributed by atoms with van der Waals surface area (Å²) in [7, 11) is 1.58. The van der Waals surface area contributed by atoms with Crippen LogP contribution in [0.4, 0.5) is 5.69 Å². The summed E-state index contributed by atoms with van der Waals surface area (Å²) in [4.78, 5) is 21.8. The van der Waals surface area contributed by atoms with E-state index in [1.165, 1.54) is 11.8 Å². The minimum Gasteiger partial charge on any atom is -0.495 e. The van der Waals surface area contributed by atoms with E-state index < -0.39 is 5.25 Å². The van der Waals surface area contributed by atoms with Gasteiger partial charge in [0, 0.05) is 28.2 Å². The number of amides is 1. The smallest absolute Gasteiger partial charge is 0.253 e. The number of nitrogens with zero attached hydrogens (tertiary/aromatic N) is 4. The van der Waals surface area contributed by atoms with Gasteiger partial charge in [-0.05, 0) is 39.0 Å². The zero-order valence-electron chi connectivity index (χ0n) is 18.0. The summed E-state index contributed by atoms with van der Waals surface area (Å²) in [6.45, 7) is 5.67. The van der Waals surface area contributed by atoms with Crippen molar-refractivity contribution in [2.45, 2.75) is 31.2 Å². The molecule has 8 nitrogen and oxygen atoms in total. The molecule has 1 unspecified atom stereocenters. The number of thioether (sulfide) groups is 1. The van der Waals surface area contributed by atoms with Crippen LogP contribution in [0.25, 0.3) is 27.7 Å². The molecular weight excluding hydrogens is 426 g/mol. The lowest BCUT2D eigenvalue weighted by molar-refractivity contribution is -0.115. The number of hydrogen-bond donors (Lipinski definition) is 1. The number of nitrogens with one attached hydrogen (secondary N) is 1. The van der Waals surface area contributed by atoms with Gasteiger partial charge in [0.2, 0.25) is 11.1 Å². The Hall–Kier alpha value is -3.59. The maximum atomic E-state index is 12.9. The number of hydrogen-bond acceptors (Lipinski definition) is 7. The molecule has 5 aromatic rings. The zero-order chi connectivity index (χ0) is 22.4. The Morgan fingerprint density at radius 2 is 1.94 bits per heavy atom. The number of ether oxygens (including phenoxy) is 1. The molecule has 3 aromatic heterocycles. The Morgan fingerprint density at radius 3 is 2.75 bits per heavy atom. The Labute approximate surface area is 188 Å². The van der Waals surface area contributed by atoms with Crippen molar-refractivity contribution in [2.24, 2.45) is 0 Å². The number of anilines is 1. The summed E-state index contributed by atoms with van der Waals surface area (Å²) >= 11 is 1.27. The van der Waals surface area contributed by atoms with Gasteiger partial charge in [-0.15, -0.1) is 5.10 Å². The summed E-state index contributed by atoms with van der Waals surface area (Å²) in [5, 5.41) is 9.41. The molecule has 3 heterocycles. The van der Waals surface area contributed by atoms with Crippen LogP contribution < -0.4 is 10.1 Å². The molecule has 5 rings (SSSR count). The molecule has 1 amide bonds. The minimum atomic E-state index is -0.440. The van der Waals surface area contributed by atoms with E-state index in [0.717, 1.165) is 27.7 Å². The quantitative estimate of drug-likeness (QED) is 0.388. The van der Waals surface area contributed by atoms with Gasteiger partial charge in [0.1, 0.15) is 16.9 Å². The second-order valence-corrected chi connectivity index (χ2v) is 8.85. The SMILES string of the molecule is COc1cc2c(cc1NC(=O)C(C)Sc1nc3nc(C)cc(C)n3n1)oc1ccccc12. The van der Waals surface area contributed by atoms with Gasteiger partial charge in [-0.2, -0.15) is 4.98 Å². The molecule has 0 spiro atoms. The van der Waals surface area contributed by atoms with Gasteiger partial charge in [-0.1, -0.05) is 30.0 Å². The van der Waals surface area contributed by atoms with Crippen LogP contribution >= 0.6 is 11.8 Å². The highest BCUT2D eigenvalue weighted by Crippen LogP contribution is 2.36. The predicted octanol–water partition coefficient (Wildman–Crippen LogP) is 4.77. The van der Waals surface area contributed by atoms with Gasteiger partial charge in [-0.25, -0.2) is 9.50 Å². The van der Waals surface area contributed by atoms with Gasteiger partial charge in [0.25, 0.3) is 5.78 Å². The zero-order valence-corrected chi connectivity index (χ0v) is 18.9. The van der Waals surface area contributed by atoms with Crippen LogP contribution in [-0.4, -0.2) is 37.8 Å². The average Bonchev–Trinajstić information content (AvgIpc) is 3.33. The Kier molecular flexibility index (Phi) is 4.97. The van der Waals surface area contributed by atoms with Gasteiger partial charge >= 0.3 is 0 Å². The van der Waals surface area contributed by atoms with Gasteiger partial charge in [0.05, 0.1) is 18.0 Å². The second-order valence-electron chi connectivity index (χ2n) is 7.54. The fourth-order valence-corrected chi connectivity index (χ4v) is 4.41. The number of aromatic nitrogens is 4. The molecule has 1 atom stereocenters. The number of aryl methyl sites for hydroxylation is 2. The Morgan fingerprint density at radius 1 is 1.12 bits per heavy atom. The molecule has 0 aliphatic carbocycles. The first kappa shape index (κ1) is 20.3. The molecule has 0 fully saturated rings. The topological polar surface area (TPSA) is 94.5 Å². The van der Waals surface area contributed by atoms with Crippen LogP contribution in [-0.2, 0) is 4.79 Å². The molecular formula is C23H21N5O3S. The van der Waals surface area contributed by atoms with Crippen molar-refractivity contribution in [2.75, 3.05) is 12.4 Å². The van der Waals surface area contributed by atoms with Crippen molar-refractivity contribution in [3.63, 3.8) is 0 Å². The van der Waals surface area contributed by atoms with Crippen LogP contribution in [0.3, 0.4) is 0 Å². The molecule has 0 bridgehead atoms. The van der Waals surface area contributed by atoms with Crippen molar-refractivity contribution in [1.29, 1.82) is 0 Å². The normalized spacial score (nSPS) is 12.5. The first-order chi connectivity index (χ1) is 15.4. The van der Waals surface area contributed by atoms with E-state index in [1.807, 2.05) is 57.2 Å². The number of carbonyl (C=O) groups is 1. The van der Waals surface area contributed by atoms with Gasteiger partial charge in [-0.3, -0.25) is 4.79 Å². The van der Waals surface area contributed by atoms with E-state index in [4.69, 9.17) is 9.15 Å². The van der Waals surface area contributed by atoms with Crippen LogP contribution in [0.2, 0.25) is 0 Å². The highest BCUT2D eigenvalue weighted by Gasteiger charge is 2.21. The van der Waals surface area contributed by atoms with E-state index in [0.29, 0.717) is 28.0 Å². The predicted molar refractivity (Wildman–Crippen MR) is 124 cm³/mol. The average molecular weight is 448 g/mol. The third-order valence-corrected chi connectivity index (χ3v) is 6.16. The Bertz CT molecular complexity index is 1490. The highest BCUT2D eigenvalue weighted by atomic mass is 32.2. The minimum absolute atomic E-state index is 0.191.